The smallest absolute Gasteiger partial charge is 0.251 e. The van der Waals surface area contributed by atoms with Gasteiger partial charge in [-0.25, -0.2) is 4.39 Å². The molecular formula is C17H17FN2O. The van der Waals surface area contributed by atoms with E-state index < -0.39 is 0 Å². The van der Waals surface area contributed by atoms with Crippen LogP contribution in [0.5, 0.6) is 0 Å². The second-order valence-electron chi connectivity index (χ2n) is 5.21. The Kier molecular flexibility index (Phi) is 3.86. The number of fused-ring (bicyclic) bond motifs is 1. The number of nitrogens with one attached hydrogen (secondary N) is 2. The van der Waals surface area contributed by atoms with E-state index in [-0.39, 0.29) is 11.7 Å². The van der Waals surface area contributed by atoms with Gasteiger partial charge in [0, 0.05) is 24.3 Å². The maximum absolute atomic E-state index is 13.1. The zero-order valence-electron chi connectivity index (χ0n) is 11.7. The van der Waals surface area contributed by atoms with Crippen LogP contribution in [0.2, 0.25) is 0 Å². The molecule has 0 bridgehead atoms. The van der Waals surface area contributed by atoms with Crippen molar-refractivity contribution in [3.63, 3.8) is 0 Å². The lowest BCUT2D eigenvalue weighted by atomic mass is 10.0. The zero-order valence-corrected chi connectivity index (χ0v) is 11.7. The Balaban J connectivity index is 1.68. The topological polar surface area (TPSA) is 41.1 Å². The second kappa shape index (κ2) is 5.95. The molecule has 0 spiro atoms. The summed E-state index contributed by atoms with van der Waals surface area (Å²) in [5.41, 5.74) is 3.69. The lowest BCUT2D eigenvalue weighted by Crippen LogP contribution is -2.23. The standard InChI is InChI=1S/C17H17FN2O/c18-15-5-1-3-12(9-15)11-20-17(21)14-6-7-16-13(10-14)4-2-8-19-16/h1,3,5-7,9-10,19H,2,4,8,11H2,(H,20,21). The van der Waals surface area contributed by atoms with E-state index in [2.05, 4.69) is 10.6 Å². The molecule has 0 unspecified atom stereocenters. The molecule has 21 heavy (non-hydrogen) atoms. The molecule has 1 heterocycles. The van der Waals surface area contributed by atoms with E-state index in [0.29, 0.717) is 12.1 Å². The summed E-state index contributed by atoms with van der Waals surface area (Å²) in [4.78, 5) is 12.2. The van der Waals surface area contributed by atoms with Gasteiger partial charge in [0.05, 0.1) is 0 Å². The minimum absolute atomic E-state index is 0.132. The zero-order chi connectivity index (χ0) is 14.7. The third-order valence-electron chi connectivity index (χ3n) is 3.65. The van der Waals surface area contributed by atoms with Gasteiger partial charge in [-0.05, 0) is 54.3 Å². The van der Waals surface area contributed by atoms with Crippen LogP contribution in [0, 0.1) is 5.82 Å². The molecule has 0 aromatic heterocycles. The lowest BCUT2D eigenvalue weighted by Gasteiger charge is -2.18. The van der Waals surface area contributed by atoms with E-state index in [1.54, 1.807) is 12.1 Å². The number of halogens is 1. The highest BCUT2D eigenvalue weighted by Gasteiger charge is 2.12. The van der Waals surface area contributed by atoms with Crippen LogP contribution in [0.25, 0.3) is 0 Å². The lowest BCUT2D eigenvalue weighted by molar-refractivity contribution is 0.0951. The van der Waals surface area contributed by atoms with Crippen LogP contribution in [0.1, 0.15) is 27.9 Å². The SMILES string of the molecule is O=C(NCc1cccc(F)c1)c1ccc2c(c1)CCCN2. The number of carbonyl (C=O) groups excluding carboxylic acids is 1. The van der Waals surface area contributed by atoms with Gasteiger partial charge in [-0.15, -0.1) is 0 Å². The van der Waals surface area contributed by atoms with Crippen LogP contribution < -0.4 is 10.6 Å². The Morgan fingerprint density at radius 3 is 3.00 bits per heavy atom. The Bertz CT molecular complexity index is 670. The second-order valence-corrected chi connectivity index (χ2v) is 5.21. The van der Waals surface area contributed by atoms with Crippen LogP contribution in [0.3, 0.4) is 0 Å². The number of hydrogen-bond acceptors (Lipinski definition) is 2. The third kappa shape index (κ3) is 3.21. The fraction of sp³-hybridized carbons (Fsp3) is 0.235. The molecule has 0 saturated carbocycles. The maximum atomic E-state index is 13.1. The normalized spacial score (nSPS) is 13.2. The fourth-order valence-corrected chi connectivity index (χ4v) is 2.55. The van der Waals surface area contributed by atoms with Crippen LogP contribution in [0.15, 0.2) is 42.5 Å². The van der Waals surface area contributed by atoms with E-state index in [9.17, 15) is 9.18 Å². The summed E-state index contributed by atoms with van der Waals surface area (Å²) < 4.78 is 13.1. The van der Waals surface area contributed by atoms with Crippen molar-refractivity contribution >= 4 is 11.6 Å². The molecule has 4 heteroatoms. The number of carbonyl (C=O) groups is 1. The minimum atomic E-state index is -0.290. The predicted molar refractivity (Wildman–Crippen MR) is 80.8 cm³/mol. The van der Waals surface area contributed by atoms with Gasteiger partial charge in [0.1, 0.15) is 5.82 Å². The summed E-state index contributed by atoms with van der Waals surface area (Å²) in [5, 5.41) is 6.14. The van der Waals surface area contributed by atoms with Gasteiger partial charge in [-0.3, -0.25) is 4.79 Å². The van der Waals surface area contributed by atoms with Gasteiger partial charge >= 0.3 is 0 Å². The molecule has 2 aromatic rings. The summed E-state index contributed by atoms with van der Waals surface area (Å²) in [6.07, 6.45) is 2.08. The number of aryl methyl sites for hydroxylation is 1. The Labute approximate surface area is 123 Å². The molecule has 0 fully saturated rings. The van der Waals surface area contributed by atoms with Crippen molar-refractivity contribution in [3.05, 3.63) is 65.0 Å². The molecular weight excluding hydrogens is 267 g/mol. The van der Waals surface area contributed by atoms with Gasteiger partial charge in [-0.2, -0.15) is 0 Å². The van der Waals surface area contributed by atoms with Crippen molar-refractivity contribution in [1.29, 1.82) is 0 Å². The van der Waals surface area contributed by atoms with Crippen molar-refractivity contribution in [2.24, 2.45) is 0 Å². The fourth-order valence-electron chi connectivity index (χ4n) is 2.55. The molecule has 0 radical (unpaired) electrons. The Morgan fingerprint density at radius 1 is 1.24 bits per heavy atom. The van der Waals surface area contributed by atoms with Crippen molar-refractivity contribution in [2.75, 3.05) is 11.9 Å². The van der Waals surface area contributed by atoms with E-state index >= 15 is 0 Å². The van der Waals surface area contributed by atoms with E-state index in [1.807, 2.05) is 18.2 Å². The van der Waals surface area contributed by atoms with Crippen LogP contribution in [-0.4, -0.2) is 12.5 Å². The van der Waals surface area contributed by atoms with Crippen molar-refractivity contribution in [2.45, 2.75) is 19.4 Å². The first kappa shape index (κ1) is 13.6. The highest BCUT2D eigenvalue weighted by atomic mass is 19.1. The third-order valence-corrected chi connectivity index (χ3v) is 3.65. The Hall–Kier alpha value is -2.36. The minimum Gasteiger partial charge on any atom is -0.385 e. The van der Waals surface area contributed by atoms with Gasteiger partial charge in [-0.1, -0.05) is 12.1 Å². The molecule has 2 aromatic carbocycles. The van der Waals surface area contributed by atoms with E-state index in [0.717, 1.165) is 30.6 Å². The van der Waals surface area contributed by atoms with Crippen molar-refractivity contribution < 1.29 is 9.18 Å². The molecule has 0 saturated heterocycles. The molecule has 0 aliphatic carbocycles. The molecule has 108 valence electrons. The maximum Gasteiger partial charge on any atom is 0.251 e. The highest BCUT2D eigenvalue weighted by molar-refractivity contribution is 5.94. The van der Waals surface area contributed by atoms with E-state index in [4.69, 9.17) is 0 Å². The van der Waals surface area contributed by atoms with Gasteiger partial charge in [0.15, 0.2) is 0 Å². The molecule has 1 aliphatic heterocycles. The number of amides is 1. The summed E-state index contributed by atoms with van der Waals surface area (Å²) in [7, 11) is 0. The molecule has 2 N–H and O–H groups in total. The first-order chi connectivity index (χ1) is 10.2. The van der Waals surface area contributed by atoms with Gasteiger partial charge < -0.3 is 10.6 Å². The monoisotopic (exact) mass is 284 g/mol. The molecule has 1 amide bonds. The van der Waals surface area contributed by atoms with Crippen LogP contribution in [-0.2, 0) is 13.0 Å². The summed E-state index contributed by atoms with van der Waals surface area (Å²) in [6.45, 7) is 1.31. The average molecular weight is 284 g/mol. The van der Waals surface area contributed by atoms with E-state index in [1.165, 1.54) is 17.7 Å². The molecule has 3 nitrogen and oxygen atoms in total. The van der Waals surface area contributed by atoms with Gasteiger partial charge in [0.2, 0.25) is 0 Å². The van der Waals surface area contributed by atoms with Crippen molar-refractivity contribution in [1.82, 2.24) is 5.32 Å². The van der Waals surface area contributed by atoms with Crippen LogP contribution >= 0.6 is 0 Å². The quantitative estimate of drug-likeness (QED) is 0.909. The largest absolute Gasteiger partial charge is 0.385 e. The molecule has 0 atom stereocenters. The summed E-state index contributed by atoms with van der Waals surface area (Å²) in [6, 6.07) is 12.0. The summed E-state index contributed by atoms with van der Waals surface area (Å²) >= 11 is 0. The van der Waals surface area contributed by atoms with Gasteiger partial charge in [0.25, 0.3) is 5.91 Å². The highest BCUT2D eigenvalue weighted by Crippen LogP contribution is 2.22. The van der Waals surface area contributed by atoms with Crippen LogP contribution in [0.4, 0.5) is 10.1 Å². The first-order valence-corrected chi connectivity index (χ1v) is 7.12. The van der Waals surface area contributed by atoms with Crippen molar-refractivity contribution in [3.8, 4) is 0 Å². The molecule has 3 rings (SSSR count). The average Bonchev–Trinajstić information content (AvgIpc) is 2.52. The number of anilines is 1. The number of hydrogen-bond donors (Lipinski definition) is 2. The number of benzene rings is 2. The molecule has 1 aliphatic rings. The predicted octanol–water partition coefficient (Wildman–Crippen LogP) is 3.11. The number of rotatable bonds is 3. The first-order valence-electron chi connectivity index (χ1n) is 7.12. The Morgan fingerprint density at radius 2 is 2.14 bits per heavy atom. The summed E-state index contributed by atoms with van der Waals surface area (Å²) in [5.74, 6) is -0.422.